The van der Waals surface area contributed by atoms with Crippen molar-refractivity contribution in [3.8, 4) is 0 Å². The summed E-state index contributed by atoms with van der Waals surface area (Å²) in [4.78, 5) is 18.2. The van der Waals surface area contributed by atoms with Gasteiger partial charge in [0.1, 0.15) is 13.1 Å². The molecule has 0 radical (unpaired) electrons. The average Bonchev–Trinajstić information content (AvgIpc) is 2.13. The van der Waals surface area contributed by atoms with E-state index in [-0.39, 0.29) is 13.2 Å². The van der Waals surface area contributed by atoms with E-state index in [9.17, 15) is 4.79 Å². The normalized spacial score (nSPS) is 9.73. The van der Waals surface area contributed by atoms with Crippen LogP contribution in [-0.4, -0.2) is 36.5 Å². The molecule has 0 bridgehead atoms. The molecule has 66 valence electrons. The molecule has 0 unspecified atom stereocenters. The van der Waals surface area contributed by atoms with Gasteiger partial charge in [-0.2, -0.15) is 0 Å². The fourth-order valence-electron chi connectivity index (χ4n) is 0.431. The molecule has 0 atom stereocenters. The Morgan fingerprint density at radius 1 is 1.36 bits per heavy atom. The van der Waals surface area contributed by atoms with Crippen molar-refractivity contribution < 1.29 is 19.8 Å². The lowest BCUT2D eigenvalue weighted by atomic mass is 9.89. The van der Waals surface area contributed by atoms with Gasteiger partial charge in [-0.25, -0.2) is 0 Å². The van der Waals surface area contributed by atoms with Crippen LogP contribution in [0.25, 0.3) is 0 Å². The van der Waals surface area contributed by atoms with Gasteiger partial charge in [0, 0.05) is 0 Å². The molecule has 0 heterocycles. The van der Waals surface area contributed by atoms with Gasteiger partial charge in [-0.1, -0.05) is 6.92 Å². The third-order valence-corrected chi connectivity index (χ3v) is 1.58. The highest BCUT2D eigenvalue weighted by molar-refractivity contribution is 5.59. The Labute approximate surface area is 65.8 Å². The Morgan fingerprint density at radius 3 is 1.73 bits per heavy atom. The maximum Gasteiger partial charge on any atom is 0.130 e. The number of aliphatic hydroxyl groups is 2. The summed E-state index contributed by atoms with van der Waals surface area (Å²) in [5, 5.41) is 17.2. The van der Waals surface area contributed by atoms with Crippen molar-refractivity contribution in [3.63, 3.8) is 0 Å². The Kier molecular flexibility index (Phi) is 8.64. The Hall–Kier alpha value is -0.740. The number of aliphatic hydroxyl groups excluding tert-OH is 2. The summed E-state index contributed by atoms with van der Waals surface area (Å²) in [6.45, 7) is 3.20. The molecule has 0 aromatic carbocycles. The van der Waals surface area contributed by atoms with Crippen LogP contribution in [-0.2, 0) is 9.59 Å². The summed E-state index contributed by atoms with van der Waals surface area (Å²) < 4.78 is 0. The van der Waals surface area contributed by atoms with Crippen molar-refractivity contribution in [2.45, 2.75) is 13.3 Å². The second-order valence-corrected chi connectivity index (χ2v) is 2.15. The first kappa shape index (κ1) is 12.9. The van der Waals surface area contributed by atoms with Gasteiger partial charge < -0.3 is 19.8 Å². The van der Waals surface area contributed by atoms with Gasteiger partial charge >= 0.3 is 0 Å². The number of carbonyl (C=O) groups excluding carboxylic acids is 2. The molecule has 0 rings (SSSR count). The lowest BCUT2D eigenvalue weighted by molar-refractivity contribution is -0.121. The van der Waals surface area contributed by atoms with Crippen LogP contribution in [0.1, 0.15) is 13.3 Å². The van der Waals surface area contributed by atoms with Gasteiger partial charge in [0.25, 0.3) is 0 Å². The zero-order valence-corrected chi connectivity index (χ0v) is 6.62. The molecular formula is C7H14O4. The Bertz CT molecular complexity index is 90.3. The SMILES string of the molecule is C=O.CCC(C=O)(CO)CO. The van der Waals surface area contributed by atoms with Crippen molar-refractivity contribution >= 4 is 13.1 Å². The third-order valence-electron chi connectivity index (χ3n) is 1.58. The maximum absolute atomic E-state index is 10.2. The van der Waals surface area contributed by atoms with E-state index in [0.717, 1.165) is 0 Å². The van der Waals surface area contributed by atoms with Crippen LogP contribution >= 0.6 is 0 Å². The largest absolute Gasteiger partial charge is 0.395 e. The minimum Gasteiger partial charge on any atom is -0.395 e. The minimum atomic E-state index is -0.903. The predicted octanol–water partition coefficient (Wildman–Crippen LogP) is -0.619. The standard InChI is InChI=1S/C6H12O3.CH2O/c1-2-6(3-7,4-8)5-9;1-2/h3,8-9H,2,4-5H2,1H3;1H2. The lowest BCUT2D eigenvalue weighted by Gasteiger charge is -2.19. The first-order chi connectivity index (χ1) is 5.24. The molecule has 0 aliphatic heterocycles. The first-order valence-electron chi connectivity index (χ1n) is 3.21. The van der Waals surface area contributed by atoms with Crippen LogP contribution in [0.2, 0.25) is 0 Å². The van der Waals surface area contributed by atoms with E-state index in [1.54, 1.807) is 6.92 Å². The van der Waals surface area contributed by atoms with E-state index < -0.39 is 5.41 Å². The van der Waals surface area contributed by atoms with Crippen molar-refractivity contribution in [2.24, 2.45) is 5.41 Å². The molecule has 0 spiro atoms. The fourth-order valence-corrected chi connectivity index (χ4v) is 0.431. The smallest absolute Gasteiger partial charge is 0.130 e. The minimum absolute atomic E-state index is 0.274. The summed E-state index contributed by atoms with van der Waals surface area (Å²) in [6.07, 6.45) is 1.08. The van der Waals surface area contributed by atoms with Crippen molar-refractivity contribution in [1.82, 2.24) is 0 Å². The summed E-state index contributed by atoms with van der Waals surface area (Å²) >= 11 is 0. The van der Waals surface area contributed by atoms with Crippen LogP contribution in [0.15, 0.2) is 0 Å². The van der Waals surface area contributed by atoms with Gasteiger partial charge in [0.05, 0.1) is 18.6 Å². The van der Waals surface area contributed by atoms with Gasteiger partial charge in [0.15, 0.2) is 0 Å². The summed E-state index contributed by atoms with van der Waals surface area (Å²) in [5.41, 5.74) is -0.903. The molecule has 0 aliphatic carbocycles. The topological polar surface area (TPSA) is 74.6 Å². The summed E-state index contributed by atoms with van der Waals surface area (Å²) in [7, 11) is 0. The van der Waals surface area contributed by atoms with Crippen LogP contribution in [0.4, 0.5) is 0 Å². The average molecular weight is 162 g/mol. The van der Waals surface area contributed by atoms with E-state index in [1.165, 1.54) is 0 Å². The van der Waals surface area contributed by atoms with Gasteiger partial charge in [0.2, 0.25) is 0 Å². The quantitative estimate of drug-likeness (QED) is 0.540. The molecule has 0 aromatic heterocycles. The second kappa shape index (κ2) is 7.37. The molecule has 0 saturated carbocycles. The molecule has 0 aliphatic rings. The number of carbonyl (C=O) groups is 2. The molecule has 11 heavy (non-hydrogen) atoms. The number of hydrogen-bond donors (Lipinski definition) is 2. The highest BCUT2D eigenvalue weighted by atomic mass is 16.3. The van der Waals surface area contributed by atoms with Crippen molar-refractivity contribution in [3.05, 3.63) is 0 Å². The molecular weight excluding hydrogens is 148 g/mol. The highest BCUT2D eigenvalue weighted by Gasteiger charge is 2.25. The van der Waals surface area contributed by atoms with Crippen LogP contribution in [0.5, 0.6) is 0 Å². The van der Waals surface area contributed by atoms with E-state index in [0.29, 0.717) is 12.7 Å². The predicted molar refractivity (Wildman–Crippen MR) is 40.1 cm³/mol. The van der Waals surface area contributed by atoms with Crippen LogP contribution in [0.3, 0.4) is 0 Å². The molecule has 4 nitrogen and oxygen atoms in total. The van der Waals surface area contributed by atoms with Crippen LogP contribution < -0.4 is 0 Å². The zero-order chi connectivity index (χ0) is 9.33. The molecule has 0 amide bonds. The fraction of sp³-hybridized carbons (Fsp3) is 0.714. The van der Waals surface area contributed by atoms with E-state index in [1.807, 2.05) is 6.79 Å². The molecule has 0 fully saturated rings. The first-order valence-corrected chi connectivity index (χ1v) is 3.21. The Morgan fingerprint density at radius 2 is 1.73 bits per heavy atom. The van der Waals surface area contributed by atoms with Crippen LogP contribution in [0, 0.1) is 5.41 Å². The van der Waals surface area contributed by atoms with E-state index in [2.05, 4.69) is 0 Å². The summed E-state index contributed by atoms with van der Waals surface area (Å²) in [6, 6.07) is 0. The van der Waals surface area contributed by atoms with Gasteiger partial charge in [-0.15, -0.1) is 0 Å². The number of rotatable bonds is 4. The molecule has 0 aromatic rings. The van der Waals surface area contributed by atoms with Crippen molar-refractivity contribution in [2.75, 3.05) is 13.2 Å². The van der Waals surface area contributed by atoms with Gasteiger partial charge in [-0.3, -0.25) is 0 Å². The molecule has 4 heteroatoms. The third kappa shape index (κ3) is 3.85. The number of hydrogen-bond acceptors (Lipinski definition) is 4. The molecule has 2 N–H and O–H groups in total. The van der Waals surface area contributed by atoms with E-state index >= 15 is 0 Å². The van der Waals surface area contributed by atoms with Gasteiger partial charge in [-0.05, 0) is 6.42 Å². The lowest BCUT2D eigenvalue weighted by Crippen LogP contribution is -2.30. The van der Waals surface area contributed by atoms with Crippen molar-refractivity contribution in [1.29, 1.82) is 0 Å². The maximum atomic E-state index is 10.2. The monoisotopic (exact) mass is 162 g/mol. The summed E-state index contributed by atoms with van der Waals surface area (Å²) in [5.74, 6) is 0. The highest BCUT2D eigenvalue weighted by Crippen LogP contribution is 2.15. The van der Waals surface area contributed by atoms with E-state index in [4.69, 9.17) is 15.0 Å². The zero-order valence-electron chi connectivity index (χ0n) is 6.62. The Balaban J connectivity index is 0. The second-order valence-electron chi connectivity index (χ2n) is 2.15. The molecule has 0 saturated heterocycles. The number of aldehydes is 1.